The van der Waals surface area contributed by atoms with E-state index in [0.29, 0.717) is 19.3 Å². The van der Waals surface area contributed by atoms with Crippen LogP contribution in [0.15, 0.2) is 0 Å². The monoisotopic (exact) mass is 245 g/mol. The molecule has 0 aromatic rings. The van der Waals surface area contributed by atoms with Gasteiger partial charge in [0, 0.05) is 6.42 Å². The number of hydrogen-bond acceptors (Lipinski definition) is 3. The number of amides is 1. The second-order valence-electron chi connectivity index (χ2n) is 4.32. The molecule has 0 aliphatic heterocycles. The summed E-state index contributed by atoms with van der Waals surface area (Å²) in [5.74, 6) is -1.24. The van der Waals surface area contributed by atoms with Crippen LogP contribution < -0.4 is 5.32 Å². The molecule has 3 N–H and O–H groups in total. The Morgan fingerprint density at radius 2 is 1.76 bits per heavy atom. The van der Waals surface area contributed by atoms with Crippen LogP contribution in [0.3, 0.4) is 0 Å². The van der Waals surface area contributed by atoms with Crippen LogP contribution >= 0.6 is 0 Å². The van der Waals surface area contributed by atoms with Crippen molar-refractivity contribution in [1.29, 1.82) is 0 Å². The van der Waals surface area contributed by atoms with Crippen molar-refractivity contribution in [1.82, 2.24) is 5.32 Å². The number of nitrogens with one attached hydrogen (secondary N) is 1. The lowest BCUT2D eigenvalue weighted by Crippen LogP contribution is -2.42. The van der Waals surface area contributed by atoms with Gasteiger partial charge in [-0.25, -0.2) is 0 Å². The van der Waals surface area contributed by atoms with Crippen LogP contribution in [0.1, 0.15) is 46.5 Å². The van der Waals surface area contributed by atoms with Crippen molar-refractivity contribution in [2.75, 3.05) is 6.61 Å². The second-order valence-corrected chi connectivity index (χ2v) is 4.32. The summed E-state index contributed by atoms with van der Waals surface area (Å²) in [5, 5.41) is 20.8. The minimum Gasteiger partial charge on any atom is -0.481 e. The lowest BCUT2D eigenvalue weighted by atomic mass is 9.79. The Labute approximate surface area is 102 Å². The summed E-state index contributed by atoms with van der Waals surface area (Å²) in [4.78, 5) is 22.9. The zero-order valence-electron chi connectivity index (χ0n) is 10.8. The summed E-state index contributed by atoms with van der Waals surface area (Å²) in [5.41, 5.74) is -0.988. The van der Waals surface area contributed by atoms with Gasteiger partial charge in [-0.2, -0.15) is 0 Å². The van der Waals surface area contributed by atoms with Crippen LogP contribution in [-0.4, -0.2) is 34.7 Å². The van der Waals surface area contributed by atoms with E-state index in [9.17, 15) is 14.7 Å². The maximum atomic E-state index is 11.7. The van der Waals surface area contributed by atoms with Crippen LogP contribution in [0, 0.1) is 5.41 Å². The SMILES string of the molecule is CC[C@H](CO)NC(=O)CC(CC)(CC)C(=O)O. The fraction of sp³-hybridized carbons (Fsp3) is 0.833. The average Bonchev–Trinajstić information content (AvgIpc) is 2.32. The molecule has 5 nitrogen and oxygen atoms in total. The minimum atomic E-state index is -0.988. The predicted octanol–water partition coefficient (Wildman–Crippen LogP) is 1.15. The first kappa shape index (κ1) is 15.9. The summed E-state index contributed by atoms with van der Waals surface area (Å²) >= 11 is 0. The highest BCUT2D eigenvalue weighted by Crippen LogP contribution is 2.30. The molecule has 0 aliphatic rings. The summed E-state index contributed by atoms with van der Waals surface area (Å²) in [6.45, 7) is 5.27. The fourth-order valence-corrected chi connectivity index (χ4v) is 1.74. The molecule has 5 heteroatoms. The molecular formula is C12H23NO4. The zero-order valence-corrected chi connectivity index (χ0v) is 10.8. The molecule has 0 radical (unpaired) electrons. The largest absolute Gasteiger partial charge is 0.481 e. The molecule has 0 spiro atoms. The quantitative estimate of drug-likeness (QED) is 0.599. The normalized spacial score (nSPS) is 13.2. The minimum absolute atomic E-state index is 0.0359. The van der Waals surface area contributed by atoms with Gasteiger partial charge in [0.15, 0.2) is 0 Å². The molecule has 0 unspecified atom stereocenters. The first-order valence-electron chi connectivity index (χ1n) is 6.09. The van der Waals surface area contributed by atoms with Crippen LogP contribution in [0.2, 0.25) is 0 Å². The molecule has 0 bridgehead atoms. The van der Waals surface area contributed by atoms with Crippen molar-refractivity contribution < 1.29 is 19.8 Å². The Hall–Kier alpha value is -1.10. The molecular weight excluding hydrogens is 222 g/mol. The van der Waals surface area contributed by atoms with Gasteiger partial charge < -0.3 is 15.5 Å². The Morgan fingerprint density at radius 3 is 2.06 bits per heavy atom. The molecule has 100 valence electrons. The van der Waals surface area contributed by atoms with Crippen molar-refractivity contribution >= 4 is 11.9 Å². The highest BCUT2D eigenvalue weighted by Gasteiger charge is 2.37. The Bertz CT molecular complexity index is 257. The van der Waals surface area contributed by atoms with Crippen molar-refractivity contribution in [3.63, 3.8) is 0 Å². The lowest BCUT2D eigenvalue weighted by Gasteiger charge is -2.26. The number of aliphatic carboxylic acids is 1. The third-order valence-electron chi connectivity index (χ3n) is 3.38. The van der Waals surface area contributed by atoms with Gasteiger partial charge in [-0.3, -0.25) is 9.59 Å². The first-order valence-corrected chi connectivity index (χ1v) is 6.09. The Morgan fingerprint density at radius 1 is 1.24 bits per heavy atom. The van der Waals surface area contributed by atoms with Gasteiger partial charge in [0.1, 0.15) is 0 Å². The molecule has 0 aromatic carbocycles. The molecule has 0 rings (SSSR count). The van der Waals surface area contributed by atoms with Crippen LogP contribution in [0.25, 0.3) is 0 Å². The molecule has 1 amide bonds. The lowest BCUT2D eigenvalue weighted by molar-refractivity contribution is -0.152. The number of carbonyl (C=O) groups excluding carboxylic acids is 1. The van der Waals surface area contributed by atoms with Crippen molar-refractivity contribution in [2.45, 2.75) is 52.5 Å². The standard InChI is InChI=1S/C12H23NO4/c1-4-9(8-14)13-10(15)7-12(5-2,6-3)11(16)17/h9,14H,4-8H2,1-3H3,(H,13,15)(H,16,17)/t9-/m1/s1. The highest BCUT2D eigenvalue weighted by atomic mass is 16.4. The molecule has 0 aromatic heterocycles. The topological polar surface area (TPSA) is 86.6 Å². The van der Waals surface area contributed by atoms with Gasteiger partial charge >= 0.3 is 5.97 Å². The molecule has 0 heterocycles. The zero-order chi connectivity index (χ0) is 13.5. The number of carbonyl (C=O) groups is 2. The maximum absolute atomic E-state index is 11.7. The Balaban J connectivity index is 4.57. The van der Waals surface area contributed by atoms with Crippen LogP contribution in [-0.2, 0) is 9.59 Å². The van der Waals surface area contributed by atoms with Crippen LogP contribution in [0.4, 0.5) is 0 Å². The van der Waals surface area contributed by atoms with Gasteiger partial charge in [0.05, 0.1) is 18.1 Å². The van der Waals surface area contributed by atoms with E-state index < -0.39 is 11.4 Å². The van der Waals surface area contributed by atoms with Crippen LogP contribution in [0.5, 0.6) is 0 Å². The van der Waals surface area contributed by atoms with Gasteiger partial charge in [-0.05, 0) is 19.3 Å². The average molecular weight is 245 g/mol. The first-order chi connectivity index (χ1) is 7.95. The van der Waals surface area contributed by atoms with E-state index in [2.05, 4.69) is 5.32 Å². The molecule has 0 saturated carbocycles. The number of carboxylic acids is 1. The molecule has 17 heavy (non-hydrogen) atoms. The van der Waals surface area contributed by atoms with Gasteiger partial charge in [0.2, 0.25) is 5.91 Å². The van der Waals surface area contributed by atoms with E-state index in [1.807, 2.05) is 6.92 Å². The van der Waals surface area contributed by atoms with E-state index >= 15 is 0 Å². The fourth-order valence-electron chi connectivity index (χ4n) is 1.74. The van der Waals surface area contributed by atoms with E-state index in [4.69, 9.17) is 5.11 Å². The van der Waals surface area contributed by atoms with Crippen molar-refractivity contribution in [3.8, 4) is 0 Å². The van der Waals surface area contributed by atoms with Gasteiger partial charge in [-0.15, -0.1) is 0 Å². The number of rotatable bonds is 8. The van der Waals surface area contributed by atoms with Crippen molar-refractivity contribution in [2.24, 2.45) is 5.41 Å². The highest BCUT2D eigenvalue weighted by molar-refractivity contribution is 5.85. The molecule has 0 aliphatic carbocycles. The summed E-state index contributed by atoms with van der Waals surface area (Å²) in [7, 11) is 0. The van der Waals surface area contributed by atoms with Gasteiger partial charge in [-0.1, -0.05) is 20.8 Å². The molecule has 0 saturated heterocycles. The predicted molar refractivity (Wildman–Crippen MR) is 64.6 cm³/mol. The molecule has 1 atom stereocenters. The number of aliphatic hydroxyl groups excluding tert-OH is 1. The second kappa shape index (κ2) is 7.27. The van der Waals surface area contributed by atoms with E-state index in [1.54, 1.807) is 13.8 Å². The number of carboxylic acid groups (broad SMARTS) is 1. The number of hydrogen-bond donors (Lipinski definition) is 3. The third-order valence-corrected chi connectivity index (χ3v) is 3.38. The van der Waals surface area contributed by atoms with Gasteiger partial charge in [0.25, 0.3) is 0 Å². The summed E-state index contributed by atoms with van der Waals surface area (Å²) in [6.07, 6.45) is 1.43. The van der Waals surface area contributed by atoms with Crippen molar-refractivity contribution in [3.05, 3.63) is 0 Å². The smallest absolute Gasteiger partial charge is 0.310 e. The molecule has 0 fully saturated rings. The Kier molecular flexibility index (Phi) is 6.80. The summed E-state index contributed by atoms with van der Waals surface area (Å²) in [6, 6.07) is -0.289. The van der Waals surface area contributed by atoms with E-state index in [0.717, 1.165) is 0 Å². The number of aliphatic hydroxyl groups is 1. The van der Waals surface area contributed by atoms with E-state index in [1.165, 1.54) is 0 Å². The third kappa shape index (κ3) is 4.34. The van der Waals surface area contributed by atoms with E-state index in [-0.39, 0.29) is 25.0 Å². The maximum Gasteiger partial charge on any atom is 0.310 e. The summed E-state index contributed by atoms with van der Waals surface area (Å²) < 4.78 is 0.